The molecule has 0 amide bonds. The van der Waals surface area contributed by atoms with Crippen LogP contribution in [-0.2, 0) is 16.6 Å². The Bertz CT molecular complexity index is 763. The van der Waals surface area contributed by atoms with Crippen molar-refractivity contribution in [3.05, 3.63) is 57.5 Å². The van der Waals surface area contributed by atoms with Crippen LogP contribution in [0.2, 0.25) is 5.02 Å². The SMILES string of the molecule is COc1ccc(Br)cc1CN(C)S(=O)(=O)c1ccc(Cl)cc1. The van der Waals surface area contributed by atoms with Crippen molar-refractivity contribution in [1.82, 2.24) is 4.31 Å². The minimum Gasteiger partial charge on any atom is -0.496 e. The summed E-state index contributed by atoms with van der Waals surface area (Å²) in [7, 11) is -0.500. The van der Waals surface area contributed by atoms with E-state index in [1.54, 1.807) is 25.3 Å². The molecular weight excluding hydrogens is 390 g/mol. The van der Waals surface area contributed by atoms with Crippen LogP contribution in [0, 0.1) is 0 Å². The van der Waals surface area contributed by atoms with E-state index in [1.807, 2.05) is 12.1 Å². The second kappa shape index (κ2) is 7.00. The predicted molar refractivity (Wildman–Crippen MR) is 90.8 cm³/mol. The molecule has 2 aromatic carbocycles. The molecule has 0 aliphatic rings. The summed E-state index contributed by atoms with van der Waals surface area (Å²) in [5, 5.41) is 0.496. The van der Waals surface area contributed by atoms with Gasteiger partial charge in [0.2, 0.25) is 10.0 Å². The summed E-state index contributed by atoms with van der Waals surface area (Å²) in [5.41, 5.74) is 0.775. The number of methoxy groups -OCH3 is 1. The van der Waals surface area contributed by atoms with Gasteiger partial charge in [-0.15, -0.1) is 0 Å². The number of sulfonamides is 1. The maximum atomic E-state index is 12.6. The quantitative estimate of drug-likeness (QED) is 0.758. The molecule has 118 valence electrons. The molecule has 0 atom stereocenters. The van der Waals surface area contributed by atoms with Gasteiger partial charge in [0.25, 0.3) is 0 Å². The van der Waals surface area contributed by atoms with Gasteiger partial charge in [0.1, 0.15) is 5.75 Å². The molecule has 2 aromatic rings. The monoisotopic (exact) mass is 403 g/mol. The average molecular weight is 405 g/mol. The summed E-state index contributed by atoms with van der Waals surface area (Å²) < 4.78 is 32.5. The van der Waals surface area contributed by atoms with Gasteiger partial charge < -0.3 is 4.74 Å². The fourth-order valence-corrected chi connectivity index (χ4v) is 3.67. The Kier molecular flexibility index (Phi) is 5.50. The van der Waals surface area contributed by atoms with Crippen molar-refractivity contribution >= 4 is 37.6 Å². The van der Waals surface area contributed by atoms with Crippen molar-refractivity contribution < 1.29 is 13.2 Å². The van der Waals surface area contributed by atoms with E-state index in [1.165, 1.54) is 23.5 Å². The van der Waals surface area contributed by atoms with E-state index in [0.717, 1.165) is 10.0 Å². The van der Waals surface area contributed by atoms with E-state index < -0.39 is 10.0 Å². The molecule has 0 aliphatic heterocycles. The smallest absolute Gasteiger partial charge is 0.243 e. The molecule has 0 aromatic heterocycles. The van der Waals surface area contributed by atoms with Crippen LogP contribution in [0.4, 0.5) is 0 Å². The van der Waals surface area contributed by atoms with Crippen LogP contribution in [0.15, 0.2) is 51.8 Å². The first kappa shape index (κ1) is 17.3. The van der Waals surface area contributed by atoms with Gasteiger partial charge >= 0.3 is 0 Å². The number of ether oxygens (including phenoxy) is 1. The summed E-state index contributed by atoms with van der Waals surface area (Å²) in [4.78, 5) is 0.202. The lowest BCUT2D eigenvalue weighted by Gasteiger charge is -2.19. The predicted octanol–water partition coefficient (Wildman–Crippen LogP) is 3.93. The van der Waals surface area contributed by atoms with Gasteiger partial charge in [-0.3, -0.25) is 0 Å². The van der Waals surface area contributed by atoms with Gasteiger partial charge in [-0.1, -0.05) is 27.5 Å². The molecule has 0 saturated heterocycles. The topological polar surface area (TPSA) is 46.6 Å². The van der Waals surface area contributed by atoms with E-state index >= 15 is 0 Å². The van der Waals surface area contributed by atoms with Gasteiger partial charge in [0.15, 0.2) is 0 Å². The van der Waals surface area contributed by atoms with Crippen LogP contribution in [0.5, 0.6) is 5.75 Å². The highest BCUT2D eigenvalue weighted by atomic mass is 79.9. The second-order valence-electron chi connectivity index (χ2n) is 4.67. The fourth-order valence-electron chi connectivity index (χ4n) is 1.98. The van der Waals surface area contributed by atoms with Crippen LogP contribution in [0.1, 0.15) is 5.56 Å². The summed E-state index contributed by atoms with van der Waals surface area (Å²) in [6, 6.07) is 11.6. The molecular formula is C15H15BrClNO3S. The second-order valence-corrected chi connectivity index (χ2v) is 8.07. The average Bonchev–Trinajstić information content (AvgIpc) is 2.48. The lowest BCUT2D eigenvalue weighted by Crippen LogP contribution is -2.26. The highest BCUT2D eigenvalue weighted by Gasteiger charge is 2.22. The Morgan fingerprint density at radius 1 is 1.18 bits per heavy atom. The van der Waals surface area contributed by atoms with Crippen molar-refractivity contribution in [2.45, 2.75) is 11.4 Å². The summed E-state index contributed by atoms with van der Waals surface area (Å²) >= 11 is 9.18. The summed E-state index contributed by atoms with van der Waals surface area (Å²) in [5.74, 6) is 0.640. The van der Waals surface area contributed by atoms with Crippen LogP contribution in [0.25, 0.3) is 0 Å². The number of hydrogen-bond acceptors (Lipinski definition) is 3. The third kappa shape index (κ3) is 3.81. The lowest BCUT2D eigenvalue weighted by atomic mass is 10.2. The molecule has 0 spiro atoms. The molecule has 22 heavy (non-hydrogen) atoms. The Morgan fingerprint density at radius 2 is 1.82 bits per heavy atom. The zero-order valence-electron chi connectivity index (χ0n) is 12.1. The van der Waals surface area contributed by atoms with Gasteiger partial charge in [-0.05, 0) is 42.5 Å². The van der Waals surface area contributed by atoms with Gasteiger partial charge in [-0.25, -0.2) is 8.42 Å². The Labute approximate surface area is 143 Å². The maximum Gasteiger partial charge on any atom is 0.243 e. The largest absolute Gasteiger partial charge is 0.496 e. The van der Waals surface area contributed by atoms with E-state index in [-0.39, 0.29) is 11.4 Å². The standard InChI is InChI=1S/C15H15BrClNO3S/c1-18(10-11-9-12(16)3-8-15(11)21-2)22(19,20)14-6-4-13(17)5-7-14/h3-9H,10H2,1-2H3. The number of nitrogens with zero attached hydrogens (tertiary/aromatic N) is 1. The normalized spacial score (nSPS) is 11.7. The van der Waals surface area contributed by atoms with Gasteiger partial charge in [0.05, 0.1) is 12.0 Å². The minimum atomic E-state index is -3.59. The van der Waals surface area contributed by atoms with Crippen LogP contribution >= 0.6 is 27.5 Å². The highest BCUT2D eigenvalue weighted by molar-refractivity contribution is 9.10. The Morgan fingerprint density at radius 3 is 2.41 bits per heavy atom. The number of hydrogen-bond donors (Lipinski definition) is 0. The van der Waals surface area contributed by atoms with Crippen LogP contribution in [-0.4, -0.2) is 26.9 Å². The molecule has 0 radical (unpaired) electrons. The van der Waals surface area contributed by atoms with Crippen molar-refractivity contribution in [2.24, 2.45) is 0 Å². The highest BCUT2D eigenvalue weighted by Crippen LogP contribution is 2.26. The Hall–Kier alpha value is -1.08. The molecule has 0 bridgehead atoms. The van der Waals surface area contributed by atoms with Gasteiger partial charge in [-0.2, -0.15) is 4.31 Å². The number of halogens is 2. The van der Waals surface area contributed by atoms with Crippen molar-refractivity contribution in [1.29, 1.82) is 0 Å². The van der Waals surface area contributed by atoms with Crippen LogP contribution < -0.4 is 4.74 Å². The lowest BCUT2D eigenvalue weighted by molar-refractivity contribution is 0.398. The third-order valence-corrected chi connectivity index (χ3v) is 5.72. The molecule has 0 saturated carbocycles. The molecule has 4 nitrogen and oxygen atoms in total. The summed E-state index contributed by atoms with van der Waals surface area (Å²) in [6.07, 6.45) is 0. The van der Waals surface area contributed by atoms with Gasteiger partial charge in [0, 0.05) is 28.7 Å². The van der Waals surface area contributed by atoms with E-state index in [2.05, 4.69) is 15.9 Å². The van der Waals surface area contributed by atoms with E-state index in [4.69, 9.17) is 16.3 Å². The number of benzene rings is 2. The van der Waals surface area contributed by atoms with Crippen LogP contribution in [0.3, 0.4) is 0 Å². The first-order valence-corrected chi connectivity index (χ1v) is 9.00. The molecule has 0 unspecified atom stereocenters. The zero-order valence-corrected chi connectivity index (χ0v) is 15.2. The Balaban J connectivity index is 2.30. The zero-order chi connectivity index (χ0) is 16.3. The molecule has 2 rings (SSSR count). The fraction of sp³-hybridized carbons (Fsp3) is 0.200. The molecule has 0 aliphatic carbocycles. The van der Waals surface area contributed by atoms with Crippen molar-refractivity contribution in [3.8, 4) is 5.75 Å². The van der Waals surface area contributed by atoms with E-state index in [9.17, 15) is 8.42 Å². The molecule has 0 N–H and O–H groups in total. The maximum absolute atomic E-state index is 12.6. The number of rotatable bonds is 5. The molecule has 0 heterocycles. The van der Waals surface area contributed by atoms with Crippen molar-refractivity contribution in [3.63, 3.8) is 0 Å². The van der Waals surface area contributed by atoms with E-state index in [0.29, 0.717) is 10.8 Å². The first-order valence-electron chi connectivity index (χ1n) is 6.39. The first-order chi connectivity index (χ1) is 10.3. The third-order valence-electron chi connectivity index (χ3n) is 3.16. The minimum absolute atomic E-state index is 0.202. The van der Waals surface area contributed by atoms with Crippen molar-refractivity contribution in [2.75, 3.05) is 14.2 Å². The summed E-state index contributed by atoms with van der Waals surface area (Å²) in [6.45, 7) is 0.202. The molecule has 0 fully saturated rings. The molecule has 7 heteroatoms.